The van der Waals surface area contributed by atoms with E-state index in [0.717, 1.165) is 11.3 Å². The number of amides is 1. The molecule has 1 aliphatic rings. The lowest BCUT2D eigenvalue weighted by Gasteiger charge is -2.37. The van der Waals surface area contributed by atoms with Gasteiger partial charge in [-0.1, -0.05) is 18.2 Å². The summed E-state index contributed by atoms with van der Waals surface area (Å²) in [4.78, 5) is 23.7. The molecule has 1 aliphatic heterocycles. The number of carbonyl (C=O) groups excluding carboxylic acids is 1. The van der Waals surface area contributed by atoms with E-state index in [-0.39, 0.29) is 44.8 Å². The number of hydrogen-bond acceptors (Lipinski definition) is 6. The number of aromatic nitrogens is 4. The molecule has 0 spiro atoms. The molecule has 11 heteroatoms. The van der Waals surface area contributed by atoms with Crippen LogP contribution in [0, 0.1) is 12.7 Å². The SMILES string of the molecule is CO[C@H](C)[C@H]1C(=O)Nc2c(C)nc(CCc3cnn(Cc4ccccc4F)c3)nc2N1C.S.S. The van der Waals surface area contributed by atoms with Gasteiger partial charge >= 0.3 is 0 Å². The largest absolute Gasteiger partial charge is 0.379 e. The molecular formula is C23H31FN6O2S2. The Kier molecular flexibility index (Phi) is 9.48. The number of anilines is 2. The summed E-state index contributed by atoms with van der Waals surface area (Å²) < 4.78 is 21.0. The number of aryl methyl sites for hydroxylation is 3. The molecule has 0 saturated carbocycles. The standard InChI is InChI=1S/C23H27FN6O2.2H2S/c1-14-20-22(29(3)21(15(2)32-4)23(31)28-20)27-19(26-14)10-9-16-11-25-30(12-16)13-17-7-5-6-8-18(17)24;;/h5-8,11-12,15,21H,9-10,13H2,1-4H3,(H,28,31);2*1H2/t15-,21+;;/m1../s1. The highest BCUT2D eigenvalue weighted by Crippen LogP contribution is 2.32. The highest BCUT2D eigenvalue weighted by atomic mass is 32.1. The van der Waals surface area contributed by atoms with Crippen LogP contribution < -0.4 is 10.2 Å². The van der Waals surface area contributed by atoms with E-state index >= 15 is 0 Å². The summed E-state index contributed by atoms with van der Waals surface area (Å²) in [6.45, 7) is 4.11. The topological polar surface area (TPSA) is 85.2 Å². The number of hydrogen-bond donors (Lipinski definition) is 1. The second-order valence-electron chi connectivity index (χ2n) is 8.05. The lowest BCUT2D eigenvalue weighted by atomic mass is 10.1. The normalized spacial score (nSPS) is 15.6. The number of rotatable bonds is 7. The molecule has 3 heterocycles. The van der Waals surface area contributed by atoms with Gasteiger partial charge in [0.25, 0.3) is 0 Å². The molecule has 0 fully saturated rings. The maximum absolute atomic E-state index is 13.9. The summed E-state index contributed by atoms with van der Waals surface area (Å²) in [5.74, 6) is 1.02. The Balaban J connectivity index is 0.00000204. The van der Waals surface area contributed by atoms with E-state index in [9.17, 15) is 9.18 Å². The Morgan fingerprint density at radius 2 is 1.94 bits per heavy atom. The van der Waals surface area contributed by atoms with Gasteiger partial charge in [0.15, 0.2) is 5.82 Å². The average molecular weight is 507 g/mol. The first kappa shape index (κ1) is 27.6. The van der Waals surface area contributed by atoms with E-state index in [1.54, 1.807) is 30.1 Å². The van der Waals surface area contributed by atoms with Crippen molar-refractivity contribution in [2.75, 3.05) is 24.4 Å². The summed E-state index contributed by atoms with van der Waals surface area (Å²) in [6, 6.07) is 6.23. The molecule has 4 rings (SSSR count). The Hall–Kier alpha value is -2.63. The smallest absolute Gasteiger partial charge is 0.249 e. The zero-order valence-electron chi connectivity index (χ0n) is 19.7. The van der Waals surface area contributed by atoms with Gasteiger partial charge in [0.05, 0.1) is 24.5 Å². The van der Waals surface area contributed by atoms with E-state index in [2.05, 4.69) is 15.4 Å². The molecule has 2 atom stereocenters. The van der Waals surface area contributed by atoms with Gasteiger partial charge in [0.2, 0.25) is 5.91 Å². The predicted octanol–water partition coefficient (Wildman–Crippen LogP) is 2.97. The Bertz CT molecular complexity index is 1140. The molecule has 0 unspecified atom stereocenters. The summed E-state index contributed by atoms with van der Waals surface area (Å²) in [7, 11) is 3.44. The zero-order valence-corrected chi connectivity index (χ0v) is 21.7. The van der Waals surface area contributed by atoms with Crippen LogP contribution in [-0.2, 0) is 28.9 Å². The number of likely N-dealkylation sites (N-methyl/N-ethyl adjacent to an activating group) is 1. The molecule has 3 aromatic rings. The lowest BCUT2D eigenvalue weighted by molar-refractivity contribution is -0.120. The van der Waals surface area contributed by atoms with Crippen LogP contribution in [0.4, 0.5) is 15.9 Å². The Morgan fingerprint density at radius 3 is 2.65 bits per heavy atom. The molecule has 0 saturated heterocycles. The molecule has 0 aliphatic carbocycles. The van der Waals surface area contributed by atoms with Crippen molar-refractivity contribution >= 4 is 44.4 Å². The number of halogens is 1. The molecule has 0 bridgehead atoms. The first-order valence-corrected chi connectivity index (χ1v) is 10.6. The summed E-state index contributed by atoms with van der Waals surface area (Å²) in [5, 5.41) is 7.28. The van der Waals surface area contributed by atoms with Crippen molar-refractivity contribution in [3.63, 3.8) is 0 Å². The van der Waals surface area contributed by atoms with E-state index in [4.69, 9.17) is 9.72 Å². The van der Waals surface area contributed by atoms with Crippen LogP contribution in [0.5, 0.6) is 0 Å². The summed E-state index contributed by atoms with van der Waals surface area (Å²) >= 11 is 0. The number of fused-ring (bicyclic) bond motifs is 1. The van der Waals surface area contributed by atoms with Crippen LogP contribution in [-0.4, -0.2) is 52.0 Å². The highest BCUT2D eigenvalue weighted by Gasteiger charge is 2.37. The van der Waals surface area contributed by atoms with Gasteiger partial charge in [-0.2, -0.15) is 32.1 Å². The minimum atomic E-state index is -0.466. The van der Waals surface area contributed by atoms with Crippen molar-refractivity contribution in [2.24, 2.45) is 0 Å². The number of ether oxygens (including phenoxy) is 1. The minimum Gasteiger partial charge on any atom is -0.379 e. The summed E-state index contributed by atoms with van der Waals surface area (Å²) in [5.41, 5.74) is 2.98. The number of benzene rings is 1. The molecule has 1 amide bonds. The van der Waals surface area contributed by atoms with Gasteiger partial charge in [0, 0.05) is 32.3 Å². The summed E-state index contributed by atoms with van der Waals surface area (Å²) in [6.07, 6.45) is 4.73. The maximum Gasteiger partial charge on any atom is 0.249 e. The second kappa shape index (κ2) is 11.7. The predicted molar refractivity (Wildman–Crippen MR) is 140 cm³/mol. The molecule has 34 heavy (non-hydrogen) atoms. The van der Waals surface area contributed by atoms with Crippen LogP contribution in [0.1, 0.15) is 29.6 Å². The maximum atomic E-state index is 13.9. The average Bonchev–Trinajstić information content (AvgIpc) is 3.22. The number of nitrogens with zero attached hydrogens (tertiary/aromatic N) is 5. The highest BCUT2D eigenvalue weighted by molar-refractivity contribution is 7.59. The van der Waals surface area contributed by atoms with Gasteiger partial charge in [-0.15, -0.1) is 0 Å². The van der Waals surface area contributed by atoms with Crippen LogP contribution in [0.3, 0.4) is 0 Å². The molecule has 8 nitrogen and oxygen atoms in total. The van der Waals surface area contributed by atoms with E-state index in [1.807, 2.05) is 38.1 Å². The van der Waals surface area contributed by atoms with Crippen LogP contribution >= 0.6 is 27.0 Å². The first-order valence-electron chi connectivity index (χ1n) is 10.6. The molecule has 184 valence electrons. The van der Waals surface area contributed by atoms with Gasteiger partial charge < -0.3 is 15.0 Å². The van der Waals surface area contributed by atoms with Crippen LogP contribution in [0.25, 0.3) is 0 Å². The zero-order chi connectivity index (χ0) is 22.8. The van der Waals surface area contributed by atoms with Crippen molar-refractivity contribution in [3.8, 4) is 0 Å². The van der Waals surface area contributed by atoms with Crippen molar-refractivity contribution in [1.82, 2.24) is 19.7 Å². The van der Waals surface area contributed by atoms with Crippen molar-refractivity contribution in [2.45, 2.75) is 45.4 Å². The Labute approximate surface area is 212 Å². The van der Waals surface area contributed by atoms with E-state index < -0.39 is 6.04 Å². The lowest BCUT2D eigenvalue weighted by Crippen LogP contribution is -2.53. The van der Waals surface area contributed by atoms with Gasteiger partial charge in [-0.3, -0.25) is 9.48 Å². The van der Waals surface area contributed by atoms with Gasteiger partial charge in [-0.25, -0.2) is 14.4 Å². The molecular weight excluding hydrogens is 475 g/mol. The van der Waals surface area contributed by atoms with Crippen LogP contribution in [0.15, 0.2) is 36.7 Å². The third-order valence-corrected chi connectivity index (χ3v) is 5.82. The second-order valence-corrected chi connectivity index (χ2v) is 8.05. The molecule has 1 N–H and O–H groups in total. The van der Waals surface area contributed by atoms with Crippen molar-refractivity contribution in [1.29, 1.82) is 0 Å². The fraction of sp³-hybridized carbons (Fsp3) is 0.391. The number of carbonyl (C=O) groups is 1. The van der Waals surface area contributed by atoms with Gasteiger partial charge in [0.1, 0.15) is 23.4 Å². The third-order valence-electron chi connectivity index (χ3n) is 5.82. The molecule has 1 aromatic carbocycles. The molecule has 2 aromatic heterocycles. The monoisotopic (exact) mass is 506 g/mol. The minimum absolute atomic E-state index is 0. The van der Waals surface area contributed by atoms with Crippen LogP contribution in [0.2, 0.25) is 0 Å². The van der Waals surface area contributed by atoms with E-state index in [1.165, 1.54) is 6.07 Å². The third kappa shape index (κ3) is 5.70. The number of nitrogens with one attached hydrogen (secondary N) is 1. The van der Waals surface area contributed by atoms with Crippen molar-refractivity contribution in [3.05, 3.63) is 65.1 Å². The van der Waals surface area contributed by atoms with Crippen molar-refractivity contribution < 1.29 is 13.9 Å². The number of methoxy groups -OCH3 is 1. The fourth-order valence-electron chi connectivity index (χ4n) is 3.97. The molecule has 0 radical (unpaired) electrons. The fourth-order valence-corrected chi connectivity index (χ4v) is 3.97. The first-order chi connectivity index (χ1) is 15.4. The van der Waals surface area contributed by atoms with Gasteiger partial charge in [-0.05, 0) is 31.9 Å². The quantitative estimate of drug-likeness (QED) is 0.530. The Morgan fingerprint density at radius 1 is 1.21 bits per heavy atom. The van der Waals surface area contributed by atoms with E-state index in [0.29, 0.717) is 42.3 Å².